The van der Waals surface area contributed by atoms with Gasteiger partial charge in [-0.3, -0.25) is 0 Å². The molecule has 0 fully saturated rings. The van der Waals surface area contributed by atoms with Gasteiger partial charge in [-0.05, 0) is 35.2 Å². The Morgan fingerprint density at radius 2 is 1.59 bits per heavy atom. The summed E-state index contributed by atoms with van der Waals surface area (Å²) >= 11 is 0. The van der Waals surface area contributed by atoms with Gasteiger partial charge in [0.1, 0.15) is 5.82 Å². The highest BCUT2D eigenvalue weighted by molar-refractivity contribution is 5.43. The molecule has 2 heteroatoms. The molecule has 1 aliphatic rings. The standard InChI is InChI=1S/C15H13FO/c16-11-7-5-10(6-8-11)14-9-15(17)13-4-2-1-3-12(13)14/h1-8,14-15,17H,9H2/t14-,15-/m1/s1. The Bertz CT molecular complexity index is 533. The van der Waals surface area contributed by atoms with E-state index in [0.717, 1.165) is 16.7 Å². The fraction of sp³-hybridized carbons (Fsp3) is 0.200. The van der Waals surface area contributed by atoms with Gasteiger partial charge in [0, 0.05) is 5.92 Å². The molecular weight excluding hydrogens is 215 g/mol. The Kier molecular flexibility index (Phi) is 2.45. The molecule has 2 aromatic rings. The van der Waals surface area contributed by atoms with Gasteiger partial charge in [-0.2, -0.15) is 0 Å². The summed E-state index contributed by atoms with van der Waals surface area (Å²) in [5, 5.41) is 9.99. The van der Waals surface area contributed by atoms with Gasteiger partial charge < -0.3 is 5.11 Å². The molecule has 3 rings (SSSR count). The quantitative estimate of drug-likeness (QED) is 0.793. The average molecular weight is 228 g/mol. The number of fused-ring (bicyclic) bond motifs is 1. The zero-order chi connectivity index (χ0) is 11.8. The Balaban J connectivity index is 2.04. The van der Waals surface area contributed by atoms with Gasteiger partial charge in [-0.25, -0.2) is 4.39 Å². The monoisotopic (exact) mass is 228 g/mol. The molecule has 2 aromatic carbocycles. The first-order chi connectivity index (χ1) is 8.25. The van der Waals surface area contributed by atoms with Crippen LogP contribution in [0.15, 0.2) is 48.5 Å². The van der Waals surface area contributed by atoms with Crippen molar-refractivity contribution in [2.75, 3.05) is 0 Å². The van der Waals surface area contributed by atoms with Gasteiger partial charge in [0.25, 0.3) is 0 Å². The maximum atomic E-state index is 12.9. The molecule has 86 valence electrons. The van der Waals surface area contributed by atoms with E-state index < -0.39 is 6.10 Å². The maximum absolute atomic E-state index is 12.9. The molecule has 0 radical (unpaired) electrons. The third-order valence-corrected chi connectivity index (χ3v) is 3.46. The van der Waals surface area contributed by atoms with E-state index in [1.807, 2.05) is 24.3 Å². The van der Waals surface area contributed by atoms with E-state index in [1.165, 1.54) is 12.1 Å². The lowest BCUT2D eigenvalue weighted by Crippen LogP contribution is -1.96. The summed E-state index contributed by atoms with van der Waals surface area (Å²) in [7, 11) is 0. The van der Waals surface area contributed by atoms with E-state index in [9.17, 15) is 9.50 Å². The topological polar surface area (TPSA) is 20.2 Å². The molecule has 0 saturated heterocycles. The van der Waals surface area contributed by atoms with Crippen molar-refractivity contribution in [2.24, 2.45) is 0 Å². The SMILES string of the molecule is O[C@@H]1C[C@H](c2ccc(F)cc2)c2ccccc21. The van der Waals surface area contributed by atoms with Gasteiger partial charge in [0.05, 0.1) is 6.10 Å². The van der Waals surface area contributed by atoms with E-state index >= 15 is 0 Å². The fourth-order valence-corrected chi connectivity index (χ4v) is 2.62. The fourth-order valence-electron chi connectivity index (χ4n) is 2.62. The Morgan fingerprint density at radius 1 is 0.941 bits per heavy atom. The van der Waals surface area contributed by atoms with Crippen LogP contribution in [0.1, 0.15) is 35.1 Å². The highest BCUT2D eigenvalue weighted by atomic mass is 19.1. The van der Waals surface area contributed by atoms with E-state index in [2.05, 4.69) is 0 Å². The number of hydrogen-bond acceptors (Lipinski definition) is 1. The van der Waals surface area contributed by atoms with Crippen molar-refractivity contribution >= 4 is 0 Å². The zero-order valence-corrected chi connectivity index (χ0v) is 9.31. The molecule has 0 aromatic heterocycles. The lowest BCUT2D eigenvalue weighted by atomic mass is 9.93. The first-order valence-corrected chi connectivity index (χ1v) is 5.78. The van der Waals surface area contributed by atoms with Crippen molar-refractivity contribution in [3.63, 3.8) is 0 Å². The zero-order valence-electron chi connectivity index (χ0n) is 9.31. The molecule has 0 unspecified atom stereocenters. The van der Waals surface area contributed by atoms with Gasteiger partial charge in [0.2, 0.25) is 0 Å². The lowest BCUT2D eigenvalue weighted by molar-refractivity contribution is 0.176. The van der Waals surface area contributed by atoms with Crippen LogP contribution in [0.3, 0.4) is 0 Å². The van der Waals surface area contributed by atoms with Crippen LogP contribution in [-0.4, -0.2) is 5.11 Å². The van der Waals surface area contributed by atoms with Crippen molar-refractivity contribution < 1.29 is 9.50 Å². The van der Waals surface area contributed by atoms with Crippen molar-refractivity contribution in [2.45, 2.75) is 18.4 Å². The van der Waals surface area contributed by atoms with Crippen molar-refractivity contribution in [1.29, 1.82) is 0 Å². The van der Waals surface area contributed by atoms with Crippen LogP contribution in [0.5, 0.6) is 0 Å². The van der Waals surface area contributed by atoms with Crippen LogP contribution in [0.2, 0.25) is 0 Å². The molecule has 0 aliphatic heterocycles. The predicted octanol–water partition coefficient (Wildman–Crippen LogP) is 3.39. The average Bonchev–Trinajstić information content (AvgIpc) is 2.69. The molecule has 1 nitrogen and oxygen atoms in total. The molecule has 0 amide bonds. The minimum absolute atomic E-state index is 0.182. The van der Waals surface area contributed by atoms with Gasteiger partial charge in [0.15, 0.2) is 0 Å². The van der Waals surface area contributed by atoms with E-state index in [1.54, 1.807) is 12.1 Å². The number of halogens is 1. The first-order valence-electron chi connectivity index (χ1n) is 5.78. The van der Waals surface area contributed by atoms with Crippen LogP contribution in [0, 0.1) is 5.82 Å². The second-order valence-corrected chi connectivity index (χ2v) is 4.48. The van der Waals surface area contributed by atoms with Gasteiger partial charge in [-0.15, -0.1) is 0 Å². The normalized spacial score (nSPS) is 22.5. The summed E-state index contributed by atoms with van der Waals surface area (Å²) in [6.07, 6.45) is 0.284. The third-order valence-electron chi connectivity index (χ3n) is 3.46. The number of aliphatic hydroxyl groups excluding tert-OH is 1. The molecule has 0 spiro atoms. The van der Waals surface area contributed by atoms with Gasteiger partial charge in [-0.1, -0.05) is 36.4 Å². The molecule has 1 N–H and O–H groups in total. The van der Waals surface area contributed by atoms with Crippen molar-refractivity contribution in [1.82, 2.24) is 0 Å². The van der Waals surface area contributed by atoms with E-state index in [4.69, 9.17) is 0 Å². The third kappa shape index (κ3) is 1.75. The summed E-state index contributed by atoms with van der Waals surface area (Å²) in [4.78, 5) is 0. The Labute approximate surface area is 99.5 Å². The van der Waals surface area contributed by atoms with Crippen molar-refractivity contribution in [3.8, 4) is 0 Å². The molecule has 2 atom stereocenters. The number of aliphatic hydroxyl groups is 1. The minimum atomic E-state index is -0.402. The van der Waals surface area contributed by atoms with Crippen LogP contribution >= 0.6 is 0 Å². The summed E-state index contributed by atoms with van der Waals surface area (Å²) < 4.78 is 12.9. The first kappa shape index (κ1) is 10.5. The Morgan fingerprint density at radius 3 is 2.29 bits per heavy atom. The lowest BCUT2D eigenvalue weighted by Gasteiger charge is -2.11. The number of hydrogen-bond donors (Lipinski definition) is 1. The number of benzene rings is 2. The minimum Gasteiger partial charge on any atom is -0.388 e. The van der Waals surface area contributed by atoms with E-state index in [-0.39, 0.29) is 11.7 Å². The molecule has 0 bridgehead atoms. The van der Waals surface area contributed by atoms with Crippen LogP contribution in [-0.2, 0) is 0 Å². The summed E-state index contributed by atoms with van der Waals surface area (Å²) in [5.41, 5.74) is 3.23. The second kappa shape index (κ2) is 3.97. The molecular formula is C15H13FO. The molecule has 1 aliphatic carbocycles. The molecule has 0 saturated carbocycles. The van der Waals surface area contributed by atoms with Crippen molar-refractivity contribution in [3.05, 3.63) is 71.0 Å². The Hall–Kier alpha value is -1.67. The number of rotatable bonds is 1. The van der Waals surface area contributed by atoms with Crippen LogP contribution in [0.4, 0.5) is 4.39 Å². The molecule has 17 heavy (non-hydrogen) atoms. The van der Waals surface area contributed by atoms with Gasteiger partial charge >= 0.3 is 0 Å². The smallest absolute Gasteiger partial charge is 0.123 e. The molecule has 0 heterocycles. The second-order valence-electron chi connectivity index (χ2n) is 4.48. The predicted molar refractivity (Wildman–Crippen MR) is 64.3 cm³/mol. The van der Waals surface area contributed by atoms with E-state index in [0.29, 0.717) is 6.42 Å². The summed E-state index contributed by atoms with van der Waals surface area (Å²) in [5.74, 6) is -0.0395. The summed E-state index contributed by atoms with van der Waals surface area (Å²) in [6.45, 7) is 0. The van der Waals surface area contributed by atoms with Crippen LogP contribution < -0.4 is 0 Å². The summed E-state index contributed by atoms with van der Waals surface area (Å²) in [6, 6.07) is 14.5. The highest BCUT2D eigenvalue weighted by Gasteiger charge is 2.29. The largest absolute Gasteiger partial charge is 0.388 e. The maximum Gasteiger partial charge on any atom is 0.123 e. The highest BCUT2D eigenvalue weighted by Crippen LogP contribution is 2.43. The van der Waals surface area contributed by atoms with Crippen LogP contribution in [0.25, 0.3) is 0 Å².